The second kappa shape index (κ2) is 6.47. The third kappa shape index (κ3) is 4.66. The molecule has 6 heteroatoms. The molecule has 0 aliphatic heterocycles. The summed E-state index contributed by atoms with van der Waals surface area (Å²) in [6.07, 6.45) is 0.962. The fraction of sp³-hybridized carbons (Fsp3) is 0.467. The van der Waals surface area contributed by atoms with Gasteiger partial charge in [0.15, 0.2) is 5.78 Å². The first kappa shape index (κ1) is 16.8. The van der Waals surface area contributed by atoms with Crippen LogP contribution in [-0.4, -0.2) is 22.3 Å². The van der Waals surface area contributed by atoms with Gasteiger partial charge in [-0.15, -0.1) is 0 Å². The lowest BCUT2D eigenvalue weighted by Gasteiger charge is -2.19. The Morgan fingerprint density at radius 3 is 2.38 bits per heavy atom. The van der Waals surface area contributed by atoms with Crippen LogP contribution in [0.25, 0.3) is 0 Å². The molecule has 0 aromatic heterocycles. The molecule has 0 N–H and O–H groups in total. The zero-order valence-corrected chi connectivity index (χ0v) is 12.6. The zero-order chi connectivity index (χ0) is 16.2. The van der Waals surface area contributed by atoms with Gasteiger partial charge in [0.25, 0.3) is 5.69 Å². The van der Waals surface area contributed by atoms with E-state index in [0.29, 0.717) is 12.8 Å². The molecule has 0 fully saturated rings. The molecule has 0 saturated carbocycles. The molecule has 1 rings (SSSR count). The lowest BCUT2D eigenvalue weighted by Crippen LogP contribution is -2.24. The third-order valence-corrected chi connectivity index (χ3v) is 2.61. The fourth-order valence-electron chi connectivity index (χ4n) is 1.73. The monoisotopic (exact) mass is 293 g/mol. The van der Waals surface area contributed by atoms with E-state index in [1.54, 1.807) is 20.8 Å². The van der Waals surface area contributed by atoms with Crippen molar-refractivity contribution in [3.63, 3.8) is 0 Å². The molecule has 0 atom stereocenters. The molecule has 0 amide bonds. The van der Waals surface area contributed by atoms with Crippen LogP contribution in [0, 0.1) is 10.1 Å². The maximum absolute atomic E-state index is 12.0. The Balaban J connectivity index is 3.20. The van der Waals surface area contributed by atoms with Gasteiger partial charge in [0, 0.05) is 18.1 Å². The second-order valence-electron chi connectivity index (χ2n) is 5.66. The number of rotatable bonds is 5. The summed E-state index contributed by atoms with van der Waals surface area (Å²) >= 11 is 0. The highest BCUT2D eigenvalue weighted by Gasteiger charge is 2.26. The first-order valence-electron chi connectivity index (χ1n) is 6.70. The van der Waals surface area contributed by atoms with Crippen molar-refractivity contribution < 1.29 is 19.2 Å². The standard InChI is InChI=1S/C15H19NO5/c1-5-6-13(17)10-7-8-11(12(9-10)16(19)20)14(18)21-15(2,3)4/h7-9H,5-6H2,1-4H3. The van der Waals surface area contributed by atoms with E-state index in [2.05, 4.69) is 0 Å². The molecular weight excluding hydrogens is 274 g/mol. The Bertz CT molecular complexity index is 572. The molecule has 0 heterocycles. The number of nitrogens with zero attached hydrogens (tertiary/aromatic N) is 1. The van der Waals surface area contributed by atoms with Crippen LogP contribution in [0.5, 0.6) is 0 Å². The molecule has 0 aliphatic carbocycles. The molecule has 1 aromatic carbocycles. The molecule has 21 heavy (non-hydrogen) atoms. The molecule has 0 saturated heterocycles. The number of nitro groups is 1. The largest absolute Gasteiger partial charge is 0.456 e. The van der Waals surface area contributed by atoms with E-state index < -0.39 is 22.2 Å². The summed E-state index contributed by atoms with van der Waals surface area (Å²) < 4.78 is 5.13. The van der Waals surface area contributed by atoms with Crippen molar-refractivity contribution in [1.29, 1.82) is 0 Å². The summed E-state index contributed by atoms with van der Waals surface area (Å²) in [5.41, 5.74) is -1.08. The topological polar surface area (TPSA) is 86.5 Å². The minimum atomic E-state index is -0.774. The van der Waals surface area contributed by atoms with Crippen molar-refractivity contribution in [2.24, 2.45) is 0 Å². The lowest BCUT2D eigenvalue weighted by molar-refractivity contribution is -0.385. The fourth-order valence-corrected chi connectivity index (χ4v) is 1.73. The number of hydrogen-bond donors (Lipinski definition) is 0. The van der Waals surface area contributed by atoms with Crippen molar-refractivity contribution in [2.45, 2.75) is 46.1 Å². The van der Waals surface area contributed by atoms with Crippen LogP contribution in [0.4, 0.5) is 5.69 Å². The minimum absolute atomic E-state index is 0.150. The van der Waals surface area contributed by atoms with Gasteiger partial charge in [-0.1, -0.05) is 13.0 Å². The smallest absolute Gasteiger partial charge is 0.345 e. The number of hydrogen-bond acceptors (Lipinski definition) is 5. The van der Waals surface area contributed by atoms with E-state index in [1.165, 1.54) is 12.1 Å². The van der Waals surface area contributed by atoms with Gasteiger partial charge >= 0.3 is 5.97 Å². The highest BCUT2D eigenvalue weighted by molar-refractivity contribution is 6.00. The Morgan fingerprint density at radius 1 is 1.29 bits per heavy atom. The predicted molar refractivity (Wildman–Crippen MR) is 77.5 cm³/mol. The van der Waals surface area contributed by atoms with Gasteiger partial charge in [-0.3, -0.25) is 14.9 Å². The Labute approximate surface area is 123 Å². The first-order chi connectivity index (χ1) is 9.65. The summed E-state index contributed by atoms with van der Waals surface area (Å²) in [6.45, 7) is 6.88. The SMILES string of the molecule is CCCC(=O)c1ccc(C(=O)OC(C)(C)C)c([N+](=O)[O-])c1. The molecule has 0 unspecified atom stereocenters. The van der Waals surface area contributed by atoms with Crippen LogP contribution in [-0.2, 0) is 4.74 Å². The lowest BCUT2D eigenvalue weighted by atomic mass is 10.0. The maximum atomic E-state index is 12.0. The average molecular weight is 293 g/mol. The molecule has 114 valence electrons. The normalized spacial score (nSPS) is 11.0. The number of ether oxygens (including phenoxy) is 1. The molecule has 0 spiro atoms. The number of carbonyl (C=O) groups is 2. The van der Waals surface area contributed by atoms with Gasteiger partial charge in [-0.25, -0.2) is 4.79 Å². The predicted octanol–water partition coefficient (Wildman–Crippen LogP) is 3.53. The van der Waals surface area contributed by atoms with Gasteiger partial charge in [0.1, 0.15) is 11.2 Å². The van der Waals surface area contributed by atoms with E-state index in [0.717, 1.165) is 6.07 Å². The molecule has 1 aromatic rings. The van der Waals surface area contributed by atoms with E-state index in [4.69, 9.17) is 4.74 Å². The number of benzene rings is 1. The highest BCUT2D eigenvalue weighted by atomic mass is 16.6. The quantitative estimate of drug-likeness (QED) is 0.358. The van der Waals surface area contributed by atoms with E-state index in [9.17, 15) is 19.7 Å². The third-order valence-electron chi connectivity index (χ3n) is 2.61. The van der Waals surface area contributed by atoms with Gasteiger partial charge in [-0.05, 0) is 33.3 Å². The number of esters is 1. The zero-order valence-electron chi connectivity index (χ0n) is 12.6. The Hall–Kier alpha value is -2.24. The van der Waals surface area contributed by atoms with Crippen LogP contribution >= 0.6 is 0 Å². The van der Waals surface area contributed by atoms with Crippen LogP contribution in [0.3, 0.4) is 0 Å². The van der Waals surface area contributed by atoms with Crippen molar-refractivity contribution >= 4 is 17.4 Å². The van der Waals surface area contributed by atoms with Crippen LogP contribution in [0.2, 0.25) is 0 Å². The van der Waals surface area contributed by atoms with Gasteiger partial charge in [-0.2, -0.15) is 0 Å². The minimum Gasteiger partial charge on any atom is -0.456 e. The molecule has 0 aliphatic rings. The number of Topliss-reactive ketones (excluding diaryl/α,β-unsaturated/α-hetero) is 1. The van der Waals surface area contributed by atoms with Crippen LogP contribution in [0.1, 0.15) is 61.3 Å². The Kier molecular flexibility index (Phi) is 5.18. The Morgan fingerprint density at radius 2 is 1.90 bits per heavy atom. The van der Waals surface area contributed by atoms with Crippen molar-refractivity contribution in [3.05, 3.63) is 39.4 Å². The number of nitro benzene ring substituents is 1. The molecule has 6 nitrogen and oxygen atoms in total. The second-order valence-corrected chi connectivity index (χ2v) is 5.66. The van der Waals surface area contributed by atoms with Crippen molar-refractivity contribution in [1.82, 2.24) is 0 Å². The average Bonchev–Trinajstić information content (AvgIpc) is 2.36. The number of ketones is 1. The summed E-state index contributed by atoms with van der Waals surface area (Å²) in [4.78, 5) is 34.2. The van der Waals surface area contributed by atoms with Crippen molar-refractivity contribution in [3.8, 4) is 0 Å². The van der Waals surface area contributed by atoms with Gasteiger partial charge in [0.2, 0.25) is 0 Å². The van der Waals surface area contributed by atoms with Crippen molar-refractivity contribution in [2.75, 3.05) is 0 Å². The molecule has 0 radical (unpaired) electrons. The van der Waals surface area contributed by atoms with E-state index >= 15 is 0 Å². The maximum Gasteiger partial charge on any atom is 0.345 e. The molecular formula is C15H19NO5. The van der Waals surface area contributed by atoms with Gasteiger partial charge in [0.05, 0.1) is 4.92 Å². The van der Waals surface area contributed by atoms with E-state index in [-0.39, 0.29) is 16.9 Å². The van der Waals surface area contributed by atoms with E-state index in [1.807, 2.05) is 6.92 Å². The first-order valence-corrected chi connectivity index (χ1v) is 6.70. The summed E-state index contributed by atoms with van der Waals surface area (Å²) in [5.74, 6) is -0.958. The number of carbonyl (C=O) groups excluding carboxylic acids is 2. The highest BCUT2D eigenvalue weighted by Crippen LogP contribution is 2.24. The summed E-state index contributed by atoms with van der Waals surface area (Å²) in [7, 11) is 0. The van der Waals surface area contributed by atoms with Crippen LogP contribution < -0.4 is 0 Å². The summed E-state index contributed by atoms with van der Waals surface area (Å²) in [6, 6.07) is 3.83. The molecule has 0 bridgehead atoms. The van der Waals surface area contributed by atoms with Crippen LogP contribution in [0.15, 0.2) is 18.2 Å². The van der Waals surface area contributed by atoms with Gasteiger partial charge < -0.3 is 4.74 Å². The summed E-state index contributed by atoms with van der Waals surface area (Å²) in [5, 5.41) is 11.1.